The van der Waals surface area contributed by atoms with Crippen LogP contribution in [0.15, 0.2) is 24.3 Å². The first-order valence-corrected chi connectivity index (χ1v) is 9.40. The Kier molecular flexibility index (Phi) is 4.80. The molecule has 2 nitrogen and oxygen atoms in total. The summed E-state index contributed by atoms with van der Waals surface area (Å²) in [6.45, 7) is 1.20. The second kappa shape index (κ2) is 6.62. The first-order chi connectivity index (χ1) is 10.2. The highest BCUT2D eigenvalue weighted by atomic mass is 32.2. The van der Waals surface area contributed by atoms with Crippen LogP contribution in [0.3, 0.4) is 0 Å². The van der Waals surface area contributed by atoms with Crippen molar-refractivity contribution >= 4 is 11.8 Å². The molecule has 1 aromatic carbocycles. The first kappa shape index (κ1) is 15.2. The monoisotopic (exact) mass is 305 g/mol. The fourth-order valence-corrected chi connectivity index (χ4v) is 4.68. The average molecular weight is 305 g/mol. The average Bonchev–Trinajstić information content (AvgIpc) is 2.95. The minimum atomic E-state index is 0.529. The van der Waals surface area contributed by atoms with Crippen LogP contribution in [-0.2, 0) is 0 Å². The summed E-state index contributed by atoms with van der Waals surface area (Å²) in [6.07, 6.45) is 10.5. The molecule has 1 aromatic rings. The predicted octanol–water partition coefficient (Wildman–Crippen LogP) is 4.21. The third kappa shape index (κ3) is 3.40. The lowest BCUT2D eigenvalue weighted by atomic mass is 9.75. The summed E-state index contributed by atoms with van der Waals surface area (Å²) >= 11 is 2.08. The molecule has 2 aliphatic rings. The maximum atomic E-state index is 5.32. The maximum absolute atomic E-state index is 5.32. The van der Waals surface area contributed by atoms with E-state index in [0.29, 0.717) is 16.7 Å². The van der Waals surface area contributed by atoms with Gasteiger partial charge < -0.3 is 10.1 Å². The lowest BCUT2D eigenvalue weighted by Gasteiger charge is -2.39. The molecule has 2 saturated carbocycles. The minimum absolute atomic E-state index is 0.529. The fraction of sp³-hybridized carbons (Fsp3) is 0.667. The molecule has 2 fully saturated rings. The Labute approximate surface area is 133 Å². The molecule has 21 heavy (non-hydrogen) atoms. The van der Waals surface area contributed by atoms with Crippen molar-refractivity contribution in [2.75, 3.05) is 19.9 Å². The van der Waals surface area contributed by atoms with E-state index in [0.717, 1.165) is 5.75 Å². The molecule has 1 N–H and O–H groups in total. The molecule has 116 valence electrons. The Hall–Kier alpha value is -0.670. The molecule has 0 unspecified atom stereocenters. The van der Waals surface area contributed by atoms with Crippen LogP contribution >= 0.6 is 11.8 Å². The van der Waals surface area contributed by atoms with Gasteiger partial charge in [-0.05, 0) is 55.6 Å². The van der Waals surface area contributed by atoms with Gasteiger partial charge in [-0.1, -0.05) is 25.0 Å². The van der Waals surface area contributed by atoms with Crippen LogP contribution in [0.25, 0.3) is 0 Å². The van der Waals surface area contributed by atoms with Crippen LogP contribution in [-0.4, -0.2) is 30.7 Å². The van der Waals surface area contributed by atoms with E-state index < -0.39 is 0 Å². The highest BCUT2D eigenvalue weighted by molar-refractivity contribution is 8.00. The highest BCUT2D eigenvalue weighted by Gasteiger charge is 2.36. The SMILES string of the molecule is COc1cccc(C2CC(NCC3(SC)CCCC3)C2)c1. The molecule has 0 bridgehead atoms. The largest absolute Gasteiger partial charge is 0.497 e. The molecule has 0 aliphatic heterocycles. The molecule has 0 atom stereocenters. The van der Waals surface area contributed by atoms with Crippen molar-refractivity contribution in [3.8, 4) is 5.75 Å². The third-order valence-electron chi connectivity index (χ3n) is 5.36. The van der Waals surface area contributed by atoms with Crippen molar-refractivity contribution in [3.05, 3.63) is 29.8 Å². The summed E-state index contributed by atoms with van der Waals surface area (Å²) < 4.78 is 5.85. The van der Waals surface area contributed by atoms with Crippen LogP contribution in [0, 0.1) is 0 Å². The molecule has 2 aliphatic carbocycles. The second-order valence-electron chi connectivity index (χ2n) is 6.62. The van der Waals surface area contributed by atoms with E-state index in [-0.39, 0.29) is 0 Å². The Morgan fingerprint density at radius 2 is 2.05 bits per heavy atom. The van der Waals surface area contributed by atoms with Gasteiger partial charge in [-0.2, -0.15) is 11.8 Å². The van der Waals surface area contributed by atoms with E-state index in [1.807, 2.05) is 6.07 Å². The maximum Gasteiger partial charge on any atom is 0.119 e. The van der Waals surface area contributed by atoms with Crippen LogP contribution < -0.4 is 10.1 Å². The summed E-state index contributed by atoms with van der Waals surface area (Å²) in [7, 11) is 1.74. The molecule has 3 heteroatoms. The fourth-order valence-electron chi connectivity index (χ4n) is 3.75. The van der Waals surface area contributed by atoms with Gasteiger partial charge in [0, 0.05) is 17.3 Å². The number of hydrogen-bond acceptors (Lipinski definition) is 3. The lowest BCUT2D eigenvalue weighted by molar-refractivity contribution is 0.281. The Morgan fingerprint density at radius 1 is 1.29 bits per heavy atom. The number of nitrogens with one attached hydrogen (secondary N) is 1. The molecular weight excluding hydrogens is 278 g/mol. The van der Waals surface area contributed by atoms with Gasteiger partial charge in [0.25, 0.3) is 0 Å². The number of methoxy groups -OCH3 is 1. The summed E-state index contributed by atoms with van der Waals surface area (Å²) in [6, 6.07) is 9.28. The molecule has 0 saturated heterocycles. The number of thioether (sulfide) groups is 1. The zero-order valence-corrected chi connectivity index (χ0v) is 14.0. The standard InChI is InChI=1S/C18H27NOS/c1-20-17-7-5-6-14(12-17)15-10-16(11-15)19-13-18(21-2)8-3-4-9-18/h5-7,12,15-16,19H,3-4,8-11,13H2,1-2H3. The van der Waals surface area contributed by atoms with E-state index in [9.17, 15) is 0 Å². The van der Waals surface area contributed by atoms with E-state index in [2.05, 4.69) is 41.5 Å². The Bertz CT molecular complexity index is 464. The van der Waals surface area contributed by atoms with E-state index in [4.69, 9.17) is 4.74 Å². The number of rotatable bonds is 6. The van der Waals surface area contributed by atoms with Crippen LogP contribution in [0.2, 0.25) is 0 Å². The quantitative estimate of drug-likeness (QED) is 0.851. The summed E-state index contributed by atoms with van der Waals surface area (Å²) in [5.74, 6) is 1.70. The molecule has 0 spiro atoms. The third-order valence-corrected chi connectivity index (χ3v) is 6.78. The minimum Gasteiger partial charge on any atom is -0.497 e. The molecular formula is C18H27NOS. The Balaban J connectivity index is 1.47. The first-order valence-electron chi connectivity index (χ1n) is 8.17. The van der Waals surface area contributed by atoms with Gasteiger partial charge in [0.05, 0.1) is 7.11 Å². The van der Waals surface area contributed by atoms with Gasteiger partial charge in [0.1, 0.15) is 5.75 Å². The van der Waals surface area contributed by atoms with E-state index in [1.54, 1.807) is 7.11 Å². The zero-order chi connectivity index (χ0) is 14.7. The predicted molar refractivity (Wildman–Crippen MR) is 91.5 cm³/mol. The smallest absolute Gasteiger partial charge is 0.119 e. The lowest BCUT2D eigenvalue weighted by Crippen LogP contribution is -2.46. The number of ether oxygens (including phenoxy) is 1. The van der Waals surface area contributed by atoms with Gasteiger partial charge in [0.15, 0.2) is 0 Å². The summed E-state index contributed by atoms with van der Waals surface area (Å²) in [5.41, 5.74) is 1.44. The summed E-state index contributed by atoms with van der Waals surface area (Å²) in [4.78, 5) is 0. The normalized spacial score (nSPS) is 27.3. The van der Waals surface area contributed by atoms with Crippen molar-refractivity contribution in [2.24, 2.45) is 0 Å². The van der Waals surface area contributed by atoms with Crippen LogP contribution in [0.5, 0.6) is 5.75 Å². The van der Waals surface area contributed by atoms with Crippen LogP contribution in [0.4, 0.5) is 0 Å². The Morgan fingerprint density at radius 3 is 2.71 bits per heavy atom. The van der Waals surface area contributed by atoms with E-state index >= 15 is 0 Å². The van der Waals surface area contributed by atoms with Crippen molar-refractivity contribution in [3.63, 3.8) is 0 Å². The topological polar surface area (TPSA) is 21.3 Å². The second-order valence-corrected chi connectivity index (χ2v) is 7.89. The molecule has 0 radical (unpaired) electrons. The van der Waals surface area contributed by atoms with Crippen molar-refractivity contribution in [2.45, 2.75) is 55.2 Å². The van der Waals surface area contributed by atoms with Crippen molar-refractivity contribution in [1.29, 1.82) is 0 Å². The molecule has 0 heterocycles. The van der Waals surface area contributed by atoms with Crippen LogP contribution in [0.1, 0.15) is 50.0 Å². The van der Waals surface area contributed by atoms with Crippen molar-refractivity contribution in [1.82, 2.24) is 5.32 Å². The molecule has 0 aromatic heterocycles. The highest BCUT2D eigenvalue weighted by Crippen LogP contribution is 2.42. The molecule has 3 rings (SSSR count). The van der Waals surface area contributed by atoms with Gasteiger partial charge in [-0.25, -0.2) is 0 Å². The number of hydrogen-bond donors (Lipinski definition) is 1. The van der Waals surface area contributed by atoms with Gasteiger partial charge in [-0.15, -0.1) is 0 Å². The van der Waals surface area contributed by atoms with Gasteiger partial charge in [0.2, 0.25) is 0 Å². The zero-order valence-electron chi connectivity index (χ0n) is 13.2. The molecule has 0 amide bonds. The van der Waals surface area contributed by atoms with Crippen molar-refractivity contribution < 1.29 is 4.74 Å². The summed E-state index contributed by atoms with van der Waals surface area (Å²) in [5, 5.41) is 3.83. The van der Waals surface area contributed by atoms with Gasteiger partial charge in [-0.3, -0.25) is 0 Å². The van der Waals surface area contributed by atoms with Gasteiger partial charge >= 0.3 is 0 Å². The number of benzene rings is 1. The van der Waals surface area contributed by atoms with E-state index in [1.165, 1.54) is 50.6 Å².